The van der Waals surface area contributed by atoms with Crippen LogP contribution < -0.4 is 11.1 Å². The molecule has 0 spiro atoms. The predicted molar refractivity (Wildman–Crippen MR) is 87.5 cm³/mol. The lowest BCUT2D eigenvalue weighted by Crippen LogP contribution is -2.53. The van der Waals surface area contributed by atoms with Crippen LogP contribution >= 0.6 is 28.3 Å². The van der Waals surface area contributed by atoms with E-state index < -0.39 is 0 Å². The number of rotatable bonds is 6. The Hall–Kier alpha value is -0.590. The molecule has 0 unspecified atom stereocenters. The number of nitrogens with two attached hydrogens (primary N) is 1. The maximum absolute atomic E-state index is 12.3. The van der Waals surface area contributed by atoms with Crippen LogP contribution in [0.2, 0.25) is 0 Å². The number of aromatic nitrogens is 2. The number of carbonyl (C=O) groups is 1. The van der Waals surface area contributed by atoms with Crippen LogP contribution in [0.5, 0.6) is 0 Å². The van der Waals surface area contributed by atoms with Crippen LogP contribution in [0.25, 0.3) is 0 Å². The van der Waals surface area contributed by atoms with Gasteiger partial charge in [-0.05, 0) is 34.7 Å². The zero-order chi connectivity index (χ0) is 14.6. The Balaban J connectivity index is 0.00000361. The lowest BCUT2D eigenvalue weighted by molar-refractivity contribution is 0.0889. The van der Waals surface area contributed by atoms with E-state index in [4.69, 9.17) is 5.73 Å². The van der Waals surface area contributed by atoms with Gasteiger partial charge >= 0.3 is 0 Å². The van der Waals surface area contributed by atoms with E-state index in [1.165, 1.54) is 0 Å². The van der Waals surface area contributed by atoms with Crippen LogP contribution in [-0.2, 0) is 0 Å². The van der Waals surface area contributed by atoms with E-state index in [0.29, 0.717) is 12.2 Å². The molecule has 0 saturated heterocycles. The summed E-state index contributed by atoms with van der Waals surface area (Å²) in [7, 11) is 0. The summed E-state index contributed by atoms with van der Waals surface area (Å²) in [6.07, 6.45) is 1.59. The van der Waals surface area contributed by atoms with Crippen LogP contribution in [0.1, 0.15) is 62.6 Å². The van der Waals surface area contributed by atoms with E-state index in [0.717, 1.165) is 23.0 Å². The number of carbonyl (C=O) groups excluding carboxylic acids is 1. The van der Waals surface area contributed by atoms with Crippen molar-refractivity contribution < 1.29 is 4.79 Å². The fourth-order valence-corrected chi connectivity index (χ4v) is 2.76. The molecule has 0 aliphatic rings. The third-order valence-electron chi connectivity index (χ3n) is 3.65. The van der Waals surface area contributed by atoms with Gasteiger partial charge in [-0.2, -0.15) is 5.10 Å². The van der Waals surface area contributed by atoms with Gasteiger partial charge in [0, 0.05) is 6.54 Å². The monoisotopic (exact) mass is 366 g/mol. The fourth-order valence-electron chi connectivity index (χ4n) is 1.94. The number of hydrogen-bond donors (Lipinski definition) is 3. The van der Waals surface area contributed by atoms with Crippen LogP contribution in [0.15, 0.2) is 4.47 Å². The zero-order valence-electron chi connectivity index (χ0n) is 12.4. The van der Waals surface area contributed by atoms with E-state index in [2.05, 4.69) is 31.4 Å². The molecule has 0 aliphatic carbocycles. The molecule has 0 bridgehead atoms. The molecular weight excluding hydrogens is 344 g/mol. The molecule has 0 aromatic carbocycles. The number of H-pyrrole nitrogens is 1. The maximum atomic E-state index is 12.3. The van der Waals surface area contributed by atoms with Gasteiger partial charge in [0.15, 0.2) is 5.69 Å². The fraction of sp³-hybridized carbons (Fsp3) is 0.692. The normalized spacial score (nSPS) is 11.3. The van der Waals surface area contributed by atoms with E-state index in [1.807, 2.05) is 27.7 Å². The Labute approximate surface area is 135 Å². The molecule has 1 heterocycles. The van der Waals surface area contributed by atoms with E-state index in [1.54, 1.807) is 0 Å². The molecule has 0 radical (unpaired) electrons. The van der Waals surface area contributed by atoms with Gasteiger partial charge in [-0.1, -0.05) is 27.7 Å². The van der Waals surface area contributed by atoms with Gasteiger partial charge in [-0.3, -0.25) is 9.89 Å². The van der Waals surface area contributed by atoms with Gasteiger partial charge in [0.2, 0.25) is 0 Å². The molecule has 4 N–H and O–H groups in total. The Morgan fingerprint density at radius 3 is 2.35 bits per heavy atom. The first-order valence-corrected chi connectivity index (χ1v) is 7.46. The molecule has 116 valence electrons. The number of nitrogens with one attached hydrogen (secondary N) is 2. The lowest BCUT2D eigenvalue weighted by Gasteiger charge is -2.31. The predicted octanol–water partition coefficient (Wildman–Crippen LogP) is 2.96. The van der Waals surface area contributed by atoms with Gasteiger partial charge in [-0.15, -0.1) is 12.4 Å². The summed E-state index contributed by atoms with van der Waals surface area (Å²) in [6, 6.07) is 0. The molecular formula is C13H24BrClN4O. The number of aromatic amines is 1. The second-order valence-corrected chi connectivity index (χ2v) is 5.89. The highest BCUT2D eigenvalue weighted by Gasteiger charge is 2.29. The minimum Gasteiger partial charge on any atom is -0.344 e. The minimum atomic E-state index is -0.354. The summed E-state index contributed by atoms with van der Waals surface area (Å²) in [6.45, 7) is 8.56. The van der Waals surface area contributed by atoms with E-state index in [-0.39, 0.29) is 29.8 Å². The molecule has 5 nitrogen and oxygen atoms in total. The largest absolute Gasteiger partial charge is 0.344 e. The highest BCUT2D eigenvalue weighted by Crippen LogP contribution is 2.26. The third kappa shape index (κ3) is 3.96. The first-order valence-electron chi connectivity index (χ1n) is 6.67. The molecule has 7 heteroatoms. The zero-order valence-corrected chi connectivity index (χ0v) is 14.8. The molecule has 1 rings (SSSR count). The molecule has 1 aromatic heterocycles. The van der Waals surface area contributed by atoms with Crippen molar-refractivity contribution in [1.82, 2.24) is 15.5 Å². The molecule has 20 heavy (non-hydrogen) atoms. The average molecular weight is 368 g/mol. The minimum absolute atomic E-state index is 0. The summed E-state index contributed by atoms with van der Waals surface area (Å²) in [5.41, 5.74) is 6.76. The van der Waals surface area contributed by atoms with Crippen LogP contribution in [0, 0.1) is 0 Å². The topological polar surface area (TPSA) is 83.8 Å². The van der Waals surface area contributed by atoms with Crippen molar-refractivity contribution in [2.45, 2.75) is 52.0 Å². The van der Waals surface area contributed by atoms with Gasteiger partial charge < -0.3 is 11.1 Å². The van der Waals surface area contributed by atoms with E-state index in [9.17, 15) is 4.79 Å². The number of nitrogens with zero attached hydrogens (tertiary/aromatic N) is 1. The summed E-state index contributed by atoms with van der Waals surface area (Å²) < 4.78 is 0.734. The van der Waals surface area contributed by atoms with Crippen molar-refractivity contribution in [3.63, 3.8) is 0 Å². The number of halogens is 2. The van der Waals surface area contributed by atoms with Crippen molar-refractivity contribution in [3.05, 3.63) is 15.9 Å². The Kier molecular flexibility index (Phi) is 7.76. The first-order chi connectivity index (χ1) is 8.90. The van der Waals surface area contributed by atoms with Crippen molar-refractivity contribution in [1.29, 1.82) is 0 Å². The van der Waals surface area contributed by atoms with Crippen molar-refractivity contribution in [3.8, 4) is 0 Å². The summed E-state index contributed by atoms with van der Waals surface area (Å²) >= 11 is 3.44. The molecule has 0 saturated carbocycles. The Morgan fingerprint density at radius 1 is 1.45 bits per heavy atom. The maximum Gasteiger partial charge on any atom is 0.273 e. The second-order valence-electron chi connectivity index (χ2n) is 5.10. The smallest absolute Gasteiger partial charge is 0.273 e. The van der Waals surface area contributed by atoms with Gasteiger partial charge in [0.05, 0.1) is 15.7 Å². The summed E-state index contributed by atoms with van der Waals surface area (Å²) in [5.74, 6) is 0.0872. The highest BCUT2D eigenvalue weighted by molar-refractivity contribution is 9.10. The lowest BCUT2D eigenvalue weighted by atomic mass is 9.93. The highest BCUT2D eigenvalue weighted by atomic mass is 79.9. The van der Waals surface area contributed by atoms with Crippen molar-refractivity contribution in [2.24, 2.45) is 5.73 Å². The van der Waals surface area contributed by atoms with Crippen LogP contribution in [-0.4, -0.2) is 28.2 Å². The average Bonchev–Trinajstić information content (AvgIpc) is 2.78. The third-order valence-corrected chi connectivity index (χ3v) is 4.45. The van der Waals surface area contributed by atoms with Gasteiger partial charge in [0.1, 0.15) is 0 Å². The van der Waals surface area contributed by atoms with E-state index >= 15 is 0 Å². The summed E-state index contributed by atoms with van der Waals surface area (Å²) in [5, 5.41) is 10.0. The molecule has 0 aliphatic heterocycles. The second kappa shape index (κ2) is 8.00. The van der Waals surface area contributed by atoms with Crippen LogP contribution in [0.4, 0.5) is 0 Å². The molecule has 0 fully saturated rings. The van der Waals surface area contributed by atoms with Crippen molar-refractivity contribution >= 4 is 34.2 Å². The quantitative estimate of drug-likeness (QED) is 0.722. The summed E-state index contributed by atoms with van der Waals surface area (Å²) in [4.78, 5) is 12.3. The number of hydrogen-bond acceptors (Lipinski definition) is 3. The standard InChI is InChI=1S/C13H23BrN4O.ClH/c1-5-13(6-2,7-15)16-12(19)11-9(14)10(8(3)4)17-18-11;/h8H,5-7,15H2,1-4H3,(H,16,19)(H,17,18);1H. The molecule has 0 atom stereocenters. The van der Waals surface area contributed by atoms with Crippen molar-refractivity contribution in [2.75, 3.05) is 6.54 Å². The SMILES string of the molecule is CCC(CC)(CN)NC(=O)c1n[nH]c(C(C)C)c1Br.Cl. The Morgan fingerprint density at radius 2 is 2.00 bits per heavy atom. The Bertz CT molecular complexity index is 435. The van der Waals surface area contributed by atoms with Gasteiger partial charge in [0.25, 0.3) is 5.91 Å². The molecule has 1 amide bonds. The van der Waals surface area contributed by atoms with Crippen LogP contribution in [0.3, 0.4) is 0 Å². The van der Waals surface area contributed by atoms with Gasteiger partial charge in [-0.25, -0.2) is 0 Å². The number of amides is 1. The first kappa shape index (κ1) is 19.4. The molecule has 1 aromatic rings.